The second-order valence-electron chi connectivity index (χ2n) is 9.75. The monoisotopic (exact) mass is 681 g/mol. The molecule has 17 N–H and O–H groups in total. The summed E-state index contributed by atoms with van der Waals surface area (Å²) in [5, 5.41) is 59.5. The summed E-state index contributed by atoms with van der Waals surface area (Å²) in [7, 11) is 0. The zero-order valence-electron chi connectivity index (χ0n) is 26.3. The molecular weight excluding hydrogens is 630 g/mol. The van der Waals surface area contributed by atoms with Crippen molar-refractivity contribution in [3.63, 3.8) is 0 Å². The van der Waals surface area contributed by atoms with E-state index in [9.17, 15) is 0 Å². The van der Waals surface area contributed by atoms with Gasteiger partial charge in [0.05, 0.1) is 52.9 Å². The molecule has 0 bridgehead atoms. The summed E-state index contributed by atoms with van der Waals surface area (Å²) in [5.41, 5.74) is 34.2. The fourth-order valence-electron chi connectivity index (χ4n) is 3.56. The van der Waals surface area contributed by atoms with E-state index in [0.29, 0.717) is 5.70 Å². The van der Waals surface area contributed by atoms with Gasteiger partial charge in [0.15, 0.2) is 0 Å². The number of nitrogens with two attached hydrogens (primary N) is 6. The van der Waals surface area contributed by atoms with Crippen molar-refractivity contribution in [3.8, 4) is 0 Å². The minimum absolute atomic E-state index is 0.000174. The topological polar surface area (TPSA) is 374 Å². The van der Waals surface area contributed by atoms with E-state index in [1.165, 1.54) is 0 Å². The summed E-state index contributed by atoms with van der Waals surface area (Å²) < 4.78 is 36.2. The summed E-state index contributed by atoms with van der Waals surface area (Å²) in [6.07, 6.45) is -3.45. The van der Waals surface area contributed by atoms with Gasteiger partial charge in [-0.3, -0.25) is 0 Å². The van der Waals surface area contributed by atoms with Crippen molar-refractivity contribution in [2.24, 2.45) is 60.2 Å². The SMILES string of the molecule is C=C(N)CCO[C@H](COCC/C(N)=N/O)[C@@H](OCC/C(N)=N/O)[C@H](OCC/C(N)=N\O)[C@H](COCC/C(N)=N\O)OCC/C(N)=N\O. The van der Waals surface area contributed by atoms with E-state index in [2.05, 4.69) is 32.4 Å². The maximum absolute atomic E-state index is 9.04. The fourth-order valence-corrected chi connectivity index (χ4v) is 3.56. The van der Waals surface area contributed by atoms with Crippen LogP contribution in [-0.4, -0.2) is 132 Å². The number of oxime groups is 5. The van der Waals surface area contributed by atoms with Crippen molar-refractivity contribution in [2.45, 2.75) is 62.9 Å². The van der Waals surface area contributed by atoms with Crippen LogP contribution in [0.15, 0.2) is 38.1 Å². The van der Waals surface area contributed by atoms with Crippen molar-refractivity contribution < 1.29 is 54.5 Å². The molecule has 0 fully saturated rings. The van der Waals surface area contributed by atoms with Gasteiger partial charge in [-0.2, -0.15) is 0 Å². The highest BCUT2D eigenvalue weighted by Crippen LogP contribution is 2.21. The summed E-state index contributed by atoms with van der Waals surface area (Å²) in [6, 6.07) is 0. The Hall–Kier alpha value is -4.35. The normalized spacial score (nSPS) is 16.1. The van der Waals surface area contributed by atoms with Gasteiger partial charge in [-0.1, -0.05) is 32.4 Å². The zero-order chi connectivity index (χ0) is 35.5. The maximum Gasteiger partial charge on any atom is 0.141 e. The van der Waals surface area contributed by atoms with Crippen LogP contribution in [0.4, 0.5) is 0 Å². The smallest absolute Gasteiger partial charge is 0.141 e. The highest BCUT2D eigenvalue weighted by atomic mass is 16.6. The molecule has 0 amide bonds. The third-order valence-electron chi connectivity index (χ3n) is 6.05. The van der Waals surface area contributed by atoms with Crippen LogP contribution in [0.3, 0.4) is 0 Å². The number of hydrogen-bond donors (Lipinski definition) is 11. The number of ether oxygens (including phenoxy) is 6. The Labute approximate surface area is 272 Å². The third-order valence-corrected chi connectivity index (χ3v) is 6.05. The number of rotatable bonds is 29. The van der Waals surface area contributed by atoms with Gasteiger partial charge in [0, 0.05) is 44.2 Å². The van der Waals surface area contributed by atoms with Gasteiger partial charge in [-0.05, 0) is 0 Å². The molecule has 0 aromatic rings. The van der Waals surface area contributed by atoms with Crippen LogP contribution in [0.1, 0.15) is 38.5 Å². The molecule has 0 aliphatic heterocycles. The first-order valence-corrected chi connectivity index (χ1v) is 14.4. The summed E-state index contributed by atoms with van der Waals surface area (Å²) in [6.45, 7) is 3.35. The lowest BCUT2D eigenvalue weighted by molar-refractivity contribution is -0.195. The summed E-state index contributed by atoms with van der Waals surface area (Å²) in [5.74, 6) is -0.452. The van der Waals surface area contributed by atoms with Gasteiger partial charge >= 0.3 is 0 Å². The first-order valence-electron chi connectivity index (χ1n) is 14.4. The van der Waals surface area contributed by atoms with E-state index in [1.807, 2.05) is 0 Å². The molecule has 0 saturated heterocycles. The molecule has 272 valence electrons. The quantitative estimate of drug-likeness (QED) is 0.0135. The number of nitrogens with zero attached hydrogens (tertiary/aromatic N) is 5. The van der Waals surface area contributed by atoms with Gasteiger partial charge in [-0.15, -0.1) is 0 Å². The summed E-state index contributed by atoms with van der Waals surface area (Å²) >= 11 is 0. The lowest BCUT2D eigenvalue weighted by atomic mass is 10.0. The van der Waals surface area contributed by atoms with Crippen molar-refractivity contribution in [2.75, 3.05) is 52.9 Å². The molecule has 47 heavy (non-hydrogen) atoms. The summed E-state index contributed by atoms with van der Waals surface area (Å²) in [4.78, 5) is 0. The van der Waals surface area contributed by atoms with E-state index in [4.69, 9.17) is 88.9 Å². The Bertz CT molecular complexity index is 1020. The molecule has 0 spiro atoms. The van der Waals surface area contributed by atoms with E-state index >= 15 is 0 Å². The average molecular weight is 682 g/mol. The Morgan fingerprint density at radius 1 is 0.447 bits per heavy atom. The molecular formula is C25H51N11O11. The molecule has 0 rings (SSSR count). The lowest BCUT2D eigenvalue weighted by Crippen LogP contribution is -2.53. The second kappa shape index (κ2) is 26.8. The predicted molar refractivity (Wildman–Crippen MR) is 169 cm³/mol. The van der Waals surface area contributed by atoms with Gasteiger partial charge in [-0.25, -0.2) is 0 Å². The van der Waals surface area contributed by atoms with Crippen LogP contribution < -0.4 is 34.4 Å². The highest BCUT2D eigenvalue weighted by molar-refractivity contribution is 5.80. The van der Waals surface area contributed by atoms with Gasteiger partial charge in [0.25, 0.3) is 0 Å². The van der Waals surface area contributed by atoms with Crippen LogP contribution in [-0.2, 0) is 28.4 Å². The Morgan fingerprint density at radius 2 is 0.723 bits per heavy atom. The molecule has 0 aliphatic rings. The van der Waals surface area contributed by atoms with Crippen LogP contribution in [0, 0.1) is 0 Å². The van der Waals surface area contributed by atoms with Gasteiger partial charge < -0.3 is 88.9 Å². The minimum atomic E-state index is -1.05. The van der Waals surface area contributed by atoms with E-state index in [-0.39, 0.29) is 121 Å². The Kier molecular flexibility index (Phi) is 24.3. The molecule has 22 nitrogen and oxygen atoms in total. The van der Waals surface area contributed by atoms with Crippen molar-refractivity contribution in [3.05, 3.63) is 12.3 Å². The van der Waals surface area contributed by atoms with Crippen molar-refractivity contribution in [1.29, 1.82) is 0 Å². The van der Waals surface area contributed by atoms with Crippen LogP contribution in [0.5, 0.6) is 0 Å². The maximum atomic E-state index is 9.04. The molecule has 0 unspecified atom stereocenters. The van der Waals surface area contributed by atoms with Gasteiger partial charge in [0.2, 0.25) is 0 Å². The molecule has 0 saturated carbocycles. The fraction of sp³-hybridized carbons (Fsp3) is 0.720. The van der Waals surface area contributed by atoms with Crippen LogP contribution >= 0.6 is 0 Å². The molecule has 0 aromatic heterocycles. The molecule has 0 heterocycles. The molecule has 0 aromatic carbocycles. The highest BCUT2D eigenvalue weighted by Gasteiger charge is 2.39. The number of amidine groups is 5. The number of hydrogen-bond acceptors (Lipinski definition) is 17. The van der Waals surface area contributed by atoms with E-state index in [1.54, 1.807) is 0 Å². The van der Waals surface area contributed by atoms with E-state index < -0.39 is 24.4 Å². The largest absolute Gasteiger partial charge is 0.409 e. The molecule has 22 heteroatoms. The average Bonchev–Trinajstić information content (AvgIpc) is 3.06. The molecule has 0 radical (unpaired) electrons. The first-order chi connectivity index (χ1) is 22.5. The molecule has 4 atom stereocenters. The standard InChI is InChI=1S/C25H51N11O11/c1-16(26)2-10-44-17(14-42-8-3-19(27)32-37)24(46-12-6-22(30)35-40)25(47-13-7-23(31)36-41)18(45-11-5-21(29)34-39)15-43-9-4-20(28)33-38/h17-18,24-25,37-41H,1-15,26H2,(H2,27,32)(H2,28,33)(H2,29,34)(H2,30,35)(H2,31,36)/t17-,18+,24-,25-/m1/s1. The Morgan fingerprint density at radius 3 is 1.02 bits per heavy atom. The van der Waals surface area contributed by atoms with Crippen molar-refractivity contribution >= 4 is 29.2 Å². The third kappa shape index (κ3) is 21.1. The molecule has 0 aliphatic carbocycles. The van der Waals surface area contributed by atoms with Gasteiger partial charge in [0.1, 0.15) is 53.6 Å². The second-order valence-corrected chi connectivity index (χ2v) is 9.75. The first kappa shape index (κ1) is 42.6. The van der Waals surface area contributed by atoms with Crippen LogP contribution in [0.2, 0.25) is 0 Å². The van der Waals surface area contributed by atoms with Crippen molar-refractivity contribution in [1.82, 2.24) is 0 Å². The van der Waals surface area contributed by atoms with Crippen LogP contribution in [0.25, 0.3) is 0 Å². The Balaban J connectivity index is 6.63. The van der Waals surface area contributed by atoms with E-state index in [0.717, 1.165) is 0 Å². The lowest BCUT2D eigenvalue weighted by Gasteiger charge is -2.37. The zero-order valence-corrected chi connectivity index (χ0v) is 26.3. The predicted octanol–water partition coefficient (Wildman–Crippen LogP) is -1.89. The minimum Gasteiger partial charge on any atom is -0.409 e.